The Balaban J connectivity index is 1.39. The normalized spacial score (nSPS) is 12.5. The molecule has 0 fully saturated rings. The van der Waals surface area contributed by atoms with E-state index >= 15 is 0 Å². The fourth-order valence-corrected chi connectivity index (χ4v) is 4.58. The van der Waals surface area contributed by atoms with Gasteiger partial charge in [0.1, 0.15) is 5.75 Å². The van der Waals surface area contributed by atoms with Crippen molar-refractivity contribution in [3.05, 3.63) is 46.1 Å². The van der Waals surface area contributed by atoms with Gasteiger partial charge in [0, 0.05) is 35.2 Å². The second kappa shape index (κ2) is 8.51. The van der Waals surface area contributed by atoms with E-state index < -0.39 is 0 Å². The van der Waals surface area contributed by atoms with E-state index in [1.807, 2.05) is 37.6 Å². The Bertz CT molecular complexity index is 1040. The first-order chi connectivity index (χ1) is 14.0. The van der Waals surface area contributed by atoms with Gasteiger partial charge in [-0.25, -0.2) is 15.0 Å². The van der Waals surface area contributed by atoms with E-state index in [9.17, 15) is 4.79 Å². The molecule has 1 amide bonds. The first-order valence-electron chi connectivity index (χ1n) is 9.43. The second-order valence-electron chi connectivity index (χ2n) is 6.87. The average molecular weight is 427 g/mol. The summed E-state index contributed by atoms with van der Waals surface area (Å²) >= 11 is 2.96. The van der Waals surface area contributed by atoms with Crippen LogP contribution in [0.1, 0.15) is 28.9 Å². The summed E-state index contributed by atoms with van der Waals surface area (Å²) in [5.41, 5.74) is 6.04. The monoisotopic (exact) mass is 426 g/mol. The Morgan fingerprint density at radius 2 is 2.03 bits per heavy atom. The Kier molecular flexibility index (Phi) is 5.82. The van der Waals surface area contributed by atoms with Crippen LogP contribution in [0, 0.1) is 13.8 Å². The van der Waals surface area contributed by atoms with Crippen molar-refractivity contribution in [1.82, 2.24) is 15.0 Å². The minimum atomic E-state index is -0.0546. The fourth-order valence-electron chi connectivity index (χ4n) is 3.39. The molecule has 1 aromatic carbocycles. The van der Waals surface area contributed by atoms with E-state index in [4.69, 9.17) is 4.74 Å². The molecule has 0 saturated heterocycles. The van der Waals surface area contributed by atoms with Crippen molar-refractivity contribution in [2.75, 3.05) is 18.2 Å². The molecule has 2 aromatic heterocycles. The van der Waals surface area contributed by atoms with Crippen LogP contribution in [0.4, 0.5) is 5.13 Å². The number of benzene rings is 1. The lowest BCUT2D eigenvalue weighted by atomic mass is 10.1. The number of rotatable bonds is 6. The van der Waals surface area contributed by atoms with Crippen LogP contribution in [-0.2, 0) is 17.6 Å². The number of amides is 1. The molecule has 0 radical (unpaired) electrons. The van der Waals surface area contributed by atoms with Gasteiger partial charge >= 0.3 is 0 Å². The van der Waals surface area contributed by atoms with E-state index in [1.54, 1.807) is 0 Å². The second-order valence-corrected chi connectivity index (χ2v) is 8.50. The van der Waals surface area contributed by atoms with Crippen molar-refractivity contribution in [3.63, 3.8) is 0 Å². The summed E-state index contributed by atoms with van der Waals surface area (Å²) in [5, 5.41) is 6.26. The number of thioether (sulfide) groups is 1. The first-order valence-corrected chi connectivity index (χ1v) is 11.5. The topological polar surface area (TPSA) is 77.0 Å². The Morgan fingerprint density at radius 1 is 1.24 bits per heavy atom. The molecule has 6 nitrogen and oxygen atoms in total. The number of carbonyl (C=O) groups is 1. The fraction of sp³-hybridized carbons (Fsp3) is 0.333. The molecule has 3 aromatic rings. The Morgan fingerprint density at radius 3 is 2.79 bits per heavy atom. The third-order valence-corrected chi connectivity index (χ3v) is 6.23. The van der Waals surface area contributed by atoms with Crippen LogP contribution in [0.5, 0.6) is 5.75 Å². The maximum absolute atomic E-state index is 12.4. The molecule has 1 N–H and O–H groups in total. The van der Waals surface area contributed by atoms with Crippen LogP contribution in [-0.4, -0.2) is 33.7 Å². The van der Waals surface area contributed by atoms with E-state index in [0.29, 0.717) is 18.0 Å². The van der Waals surface area contributed by atoms with Gasteiger partial charge in [-0.2, -0.15) is 0 Å². The van der Waals surface area contributed by atoms with Crippen molar-refractivity contribution in [1.29, 1.82) is 0 Å². The SMILES string of the molecule is CSc1nc(C)c(CCC(=O)Nc2nc(-c3ccc4c(c3)CCO4)cs2)c(C)n1. The lowest BCUT2D eigenvalue weighted by Gasteiger charge is -2.09. The van der Waals surface area contributed by atoms with Crippen LogP contribution in [0.25, 0.3) is 11.3 Å². The number of nitrogens with zero attached hydrogens (tertiary/aromatic N) is 3. The maximum atomic E-state index is 12.4. The van der Waals surface area contributed by atoms with E-state index in [2.05, 4.69) is 26.3 Å². The number of aromatic nitrogens is 3. The van der Waals surface area contributed by atoms with Crippen molar-refractivity contribution >= 4 is 34.1 Å². The first kappa shape index (κ1) is 19.8. The highest BCUT2D eigenvalue weighted by Crippen LogP contribution is 2.32. The quantitative estimate of drug-likeness (QED) is 0.464. The zero-order valence-electron chi connectivity index (χ0n) is 16.6. The van der Waals surface area contributed by atoms with Gasteiger partial charge in [0.15, 0.2) is 10.3 Å². The van der Waals surface area contributed by atoms with E-state index in [1.165, 1.54) is 28.7 Å². The lowest BCUT2D eigenvalue weighted by Crippen LogP contribution is -2.13. The molecule has 150 valence electrons. The largest absolute Gasteiger partial charge is 0.493 e. The van der Waals surface area contributed by atoms with Gasteiger partial charge < -0.3 is 10.1 Å². The number of nitrogens with one attached hydrogen (secondary N) is 1. The highest BCUT2D eigenvalue weighted by atomic mass is 32.2. The molecule has 0 aliphatic carbocycles. The van der Waals surface area contributed by atoms with Crippen molar-refractivity contribution in [2.45, 2.75) is 38.3 Å². The van der Waals surface area contributed by atoms with E-state index in [0.717, 1.165) is 52.1 Å². The number of anilines is 1. The van der Waals surface area contributed by atoms with Gasteiger partial charge in [-0.15, -0.1) is 11.3 Å². The highest BCUT2D eigenvalue weighted by molar-refractivity contribution is 7.98. The molecule has 0 saturated carbocycles. The van der Waals surface area contributed by atoms with Crippen molar-refractivity contribution in [2.24, 2.45) is 0 Å². The zero-order valence-corrected chi connectivity index (χ0v) is 18.2. The summed E-state index contributed by atoms with van der Waals surface area (Å²) in [4.78, 5) is 26.0. The number of fused-ring (bicyclic) bond motifs is 1. The number of thiazole rings is 1. The predicted octanol–water partition coefficient (Wildman–Crippen LogP) is 4.45. The number of hydrogen-bond donors (Lipinski definition) is 1. The third kappa shape index (κ3) is 4.43. The van der Waals surface area contributed by atoms with Crippen molar-refractivity contribution in [3.8, 4) is 17.0 Å². The molecular formula is C21H22N4O2S2. The summed E-state index contributed by atoms with van der Waals surface area (Å²) in [6.45, 7) is 4.67. The predicted molar refractivity (Wildman–Crippen MR) is 117 cm³/mol. The Labute approximate surface area is 178 Å². The lowest BCUT2D eigenvalue weighted by molar-refractivity contribution is -0.116. The van der Waals surface area contributed by atoms with Crippen LogP contribution < -0.4 is 10.1 Å². The van der Waals surface area contributed by atoms with Crippen molar-refractivity contribution < 1.29 is 9.53 Å². The molecule has 1 aliphatic heterocycles. The van der Waals surface area contributed by atoms with Gasteiger partial charge in [0.25, 0.3) is 0 Å². The molecule has 0 unspecified atom stereocenters. The summed E-state index contributed by atoms with van der Waals surface area (Å²) in [6.07, 6.45) is 3.87. The standard InChI is InChI=1S/C21H22N4O2S2/c1-12-16(13(2)23-20(22-12)28-3)5-7-19(26)25-21-24-17(11-29-21)14-4-6-18-15(10-14)8-9-27-18/h4,6,10-11H,5,7-9H2,1-3H3,(H,24,25,26). The van der Waals surface area contributed by atoms with Crippen LogP contribution in [0.15, 0.2) is 28.7 Å². The molecular weight excluding hydrogens is 404 g/mol. The number of hydrogen-bond acceptors (Lipinski definition) is 7. The van der Waals surface area contributed by atoms with Gasteiger partial charge in [-0.1, -0.05) is 11.8 Å². The summed E-state index contributed by atoms with van der Waals surface area (Å²) in [6, 6.07) is 6.12. The molecule has 0 spiro atoms. The molecule has 1 aliphatic rings. The zero-order chi connectivity index (χ0) is 20.4. The van der Waals surface area contributed by atoms with Gasteiger partial charge in [-0.3, -0.25) is 4.79 Å². The minimum absolute atomic E-state index is 0.0546. The number of carbonyl (C=O) groups excluding carboxylic acids is 1. The maximum Gasteiger partial charge on any atom is 0.226 e. The number of aryl methyl sites for hydroxylation is 2. The average Bonchev–Trinajstić information content (AvgIpc) is 3.35. The molecule has 3 heterocycles. The van der Waals surface area contributed by atoms with Gasteiger partial charge in [0.05, 0.1) is 12.3 Å². The smallest absolute Gasteiger partial charge is 0.226 e. The third-order valence-electron chi connectivity index (χ3n) is 4.92. The van der Waals surface area contributed by atoms with Crippen LogP contribution >= 0.6 is 23.1 Å². The molecule has 0 bridgehead atoms. The molecule has 4 rings (SSSR count). The number of ether oxygens (including phenoxy) is 1. The highest BCUT2D eigenvalue weighted by Gasteiger charge is 2.15. The molecule has 29 heavy (non-hydrogen) atoms. The summed E-state index contributed by atoms with van der Waals surface area (Å²) in [7, 11) is 0. The summed E-state index contributed by atoms with van der Waals surface area (Å²) < 4.78 is 5.56. The van der Waals surface area contributed by atoms with E-state index in [-0.39, 0.29) is 5.91 Å². The minimum Gasteiger partial charge on any atom is -0.493 e. The molecule has 8 heteroatoms. The van der Waals surface area contributed by atoms with Gasteiger partial charge in [0.2, 0.25) is 5.91 Å². The van der Waals surface area contributed by atoms with Crippen LogP contribution in [0.3, 0.4) is 0 Å². The van der Waals surface area contributed by atoms with Crippen LogP contribution in [0.2, 0.25) is 0 Å². The van der Waals surface area contributed by atoms with Gasteiger partial charge in [-0.05, 0) is 55.9 Å². The molecule has 0 atom stereocenters. The Hall–Kier alpha value is -2.45. The summed E-state index contributed by atoms with van der Waals surface area (Å²) in [5.74, 6) is 0.902.